The fourth-order valence-electron chi connectivity index (χ4n) is 3.49. The van der Waals surface area contributed by atoms with Gasteiger partial charge in [0.1, 0.15) is 5.69 Å². The molecule has 29 heavy (non-hydrogen) atoms. The average Bonchev–Trinajstić information content (AvgIpc) is 3.37. The zero-order valence-electron chi connectivity index (χ0n) is 15.9. The van der Waals surface area contributed by atoms with Gasteiger partial charge in [0.05, 0.1) is 13.0 Å². The van der Waals surface area contributed by atoms with Gasteiger partial charge in [-0.3, -0.25) is 4.79 Å². The summed E-state index contributed by atoms with van der Waals surface area (Å²) in [6.07, 6.45) is 6.34. The van der Waals surface area contributed by atoms with Gasteiger partial charge in [0.2, 0.25) is 0 Å². The van der Waals surface area contributed by atoms with Crippen molar-refractivity contribution in [2.45, 2.75) is 32.3 Å². The highest BCUT2D eigenvalue weighted by Crippen LogP contribution is 2.35. The fourth-order valence-corrected chi connectivity index (χ4v) is 4.42. The van der Waals surface area contributed by atoms with Crippen molar-refractivity contribution >= 4 is 23.0 Å². The molecule has 0 spiro atoms. The number of carboxylic acids is 1. The summed E-state index contributed by atoms with van der Waals surface area (Å²) in [5, 5.41) is 8.88. The number of hydrogen-bond donors (Lipinski definition) is 1. The van der Waals surface area contributed by atoms with Gasteiger partial charge in [-0.2, -0.15) is 0 Å². The molecule has 1 saturated carbocycles. The van der Waals surface area contributed by atoms with Gasteiger partial charge >= 0.3 is 5.97 Å². The Morgan fingerprint density at radius 3 is 2.59 bits per heavy atom. The van der Waals surface area contributed by atoms with Crippen LogP contribution in [0, 0.1) is 23.5 Å². The minimum atomic E-state index is -0.872. The van der Waals surface area contributed by atoms with Crippen molar-refractivity contribution in [1.29, 1.82) is 0 Å². The van der Waals surface area contributed by atoms with E-state index in [1.807, 2.05) is 12.1 Å². The Labute approximate surface area is 172 Å². The number of benzene rings is 1. The molecule has 1 aliphatic heterocycles. The van der Waals surface area contributed by atoms with Gasteiger partial charge in [-0.15, -0.1) is 11.3 Å². The van der Waals surface area contributed by atoms with Crippen LogP contribution in [-0.4, -0.2) is 24.2 Å². The lowest BCUT2D eigenvalue weighted by Crippen LogP contribution is -2.26. The van der Waals surface area contributed by atoms with Crippen LogP contribution in [0.2, 0.25) is 0 Å². The summed E-state index contributed by atoms with van der Waals surface area (Å²) in [5.41, 5.74) is 0.412. The van der Waals surface area contributed by atoms with Crippen molar-refractivity contribution in [1.82, 2.24) is 0 Å². The Bertz CT molecular complexity index is 900. The largest absolute Gasteiger partial charge is 0.481 e. The molecule has 2 heterocycles. The number of thiophene rings is 1. The number of carbonyl (C=O) groups is 1. The monoisotopic (exact) mass is 419 g/mol. The van der Waals surface area contributed by atoms with Crippen LogP contribution in [0.1, 0.15) is 30.6 Å². The average molecular weight is 419 g/mol. The van der Waals surface area contributed by atoms with Crippen LogP contribution in [0.25, 0.3) is 10.4 Å². The molecule has 4 rings (SSSR count). The van der Waals surface area contributed by atoms with Gasteiger partial charge in [-0.25, -0.2) is 8.78 Å². The molecule has 0 saturated heterocycles. The van der Waals surface area contributed by atoms with Crippen molar-refractivity contribution in [3.63, 3.8) is 0 Å². The zero-order valence-corrected chi connectivity index (χ0v) is 16.8. The molecule has 2 aliphatic rings. The molecule has 2 aromatic rings. The standard InChI is InChI=1S/C22H23F2NO3S/c23-18-10-16(20-4-3-17(29-20)13-28-12-15-1-2-15)11-19(24)22(18)25-7-5-14(6-8-25)9-21(26)27/h3-5,7,10-11,14-15H,1-2,6,8-9,12-13H2,(H,26,27). The van der Waals surface area contributed by atoms with Gasteiger partial charge in [-0.05, 0) is 60.9 Å². The third kappa shape index (κ3) is 5.03. The molecule has 1 atom stereocenters. The first-order valence-electron chi connectivity index (χ1n) is 9.82. The SMILES string of the molecule is O=C(O)CC1C=CN(c2c(F)cc(-c3ccc(COCC4CC4)s3)cc2F)CC1. The summed E-state index contributed by atoms with van der Waals surface area (Å²) in [7, 11) is 0. The predicted molar refractivity (Wildman–Crippen MR) is 109 cm³/mol. The van der Waals surface area contributed by atoms with Crippen LogP contribution >= 0.6 is 11.3 Å². The fraction of sp³-hybridized carbons (Fsp3) is 0.409. The van der Waals surface area contributed by atoms with E-state index in [0.717, 1.165) is 16.4 Å². The van der Waals surface area contributed by atoms with E-state index in [0.29, 0.717) is 31.1 Å². The Morgan fingerprint density at radius 2 is 1.97 bits per heavy atom. The van der Waals surface area contributed by atoms with E-state index in [2.05, 4.69) is 0 Å². The minimum absolute atomic E-state index is 0.0271. The molecule has 1 aromatic carbocycles. The molecule has 1 N–H and O–H groups in total. The molecule has 1 unspecified atom stereocenters. The summed E-state index contributed by atoms with van der Waals surface area (Å²) < 4.78 is 35.2. The van der Waals surface area contributed by atoms with Crippen LogP contribution in [0.4, 0.5) is 14.5 Å². The number of carboxylic acid groups (broad SMARTS) is 1. The number of halogens is 2. The summed E-state index contributed by atoms with van der Waals surface area (Å²) in [5.74, 6) is -1.53. The summed E-state index contributed by atoms with van der Waals surface area (Å²) in [6.45, 7) is 1.69. The molecule has 154 valence electrons. The Morgan fingerprint density at radius 1 is 1.21 bits per heavy atom. The van der Waals surface area contributed by atoms with Gasteiger partial charge < -0.3 is 14.7 Å². The van der Waals surface area contributed by atoms with Crippen molar-refractivity contribution in [2.75, 3.05) is 18.1 Å². The first kappa shape index (κ1) is 20.0. The Hall–Kier alpha value is -2.25. The van der Waals surface area contributed by atoms with E-state index in [4.69, 9.17) is 9.84 Å². The van der Waals surface area contributed by atoms with Crippen LogP contribution in [0.15, 0.2) is 36.5 Å². The van der Waals surface area contributed by atoms with Crippen LogP contribution in [0.5, 0.6) is 0 Å². The maximum absolute atomic E-state index is 14.8. The van der Waals surface area contributed by atoms with Crippen LogP contribution in [-0.2, 0) is 16.1 Å². The minimum Gasteiger partial charge on any atom is -0.481 e. The van der Waals surface area contributed by atoms with Crippen LogP contribution < -0.4 is 4.90 Å². The van der Waals surface area contributed by atoms with E-state index in [9.17, 15) is 13.6 Å². The number of anilines is 1. The first-order valence-corrected chi connectivity index (χ1v) is 10.6. The van der Waals surface area contributed by atoms with Crippen molar-refractivity contribution in [3.8, 4) is 10.4 Å². The van der Waals surface area contributed by atoms with Gasteiger partial charge in [0.25, 0.3) is 0 Å². The van der Waals surface area contributed by atoms with Crippen molar-refractivity contribution < 1.29 is 23.4 Å². The molecule has 7 heteroatoms. The number of allylic oxidation sites excluding steroid dienone is 1. The van der Waals surface area contributed by atoms with Crippen molar-refractivity contribution in [2.24, 2.45) is 11.8 Å². The van der Waals surface area contributed by atoms with E-state index < -0.39 is 17.6 Å². The topological polar surface area (TPSA) is 49.8 Å². The van der Waals surface area contributed by atoms with Gasteiger partial charge in [0, 0.05) is 29.1 Å². The van der Waals surface area contributed by atoms with E-state index >= 15 is 0 Å². The van der Waals surface area contributed by atoms with E-state index in [1.54, 1.807) is 12.3 Å². The normalized spacial score (nSPS) is 19.0. The number of ether oxygens (including phenoxy) is 1. The summed E-state index contributed by atoms with van der Waals surface area (Å²) in [6, 6.07) is 6.52. The van der Waals surface area contributed by atoms with Gasteiger partial charge in [-0.1, -0.05) is 6.08 Å². The highest BCUT2D eigenvalue weighted by molar-refractivity contribution is 7.15. The second-order valence-electron chi connectivity index (χ2n) is 7.69. The molecule has 0 amide bonds. The first-order chi connectivity index (χ1) is 14.0. The summed E-state index contributed by atoms with van der Waals surface area (Å²) >= 11 is 1.48. The second-order valence-corrected chi connectivity index (χ2v) is 8.86. The highest BCUT2D eigenvalue weighted by Gasteiger charge is 2.23. The van der Waals surface area contributed by atoms with E-state index in [1.165, 1.54) is 41.2 Å². The summed E-state index contributed by atoms with van der Waals surface area (Å²) in [4.78, 5) is 14.2. The smallest absolute Gasteiger partial charge is 0.303 e. The van der Waals surface area contributed by atoms with Crippen molar-refractivity contribution in [3.05, 3.63) is 53.1 Å². The molecule has 4 nitrogen and oxygen atoms in total. The molecule has 1 aliphatic carbocycles. The lowest BCUT2D eigenvalue weighted by atomic mass is 9.98. The van der Waals surface area contributed by atoms with E-state index in [-0.39, 0.29) is 18.0 Å². The maximum Gasteiger partial charge on any atom is 0.303 e. The molecule has 1 fully saturated rings. The molecule has 1 aromatic heterocycles. The zero-order chi connectivity index (χ0) is 20.4. The predicted octanol–water partition coefficient (Wildman–Crippen LogP) is 5.43. The molecule has 0 radical (unpaired) electrons. The third-order valence-electron chi connectivity index (χ3n) is 5.26. The molecule has 0 bridgehead atoms. The quantitative estimate of drug-likeness (QED) is 0.619. The Balaban J connectivity index is 1.46. The molecular formula is C22H23F2NO3S. The van der Waals surface area contributed by atoms with Crippen LogP contribution in [0.3, 0.4) is 0 Å². The maximum atomic E-state index is 14.8. The number of rotatable bonds is 8. The lowest BCUT2D eigenvalue weighted by Gasteiger charge is -2.28. The Kier molecular flexibility index (Phi) is 5.96. The molecular weight excluding hydrogens is 396 g/mol. The number of nitrogens with zero attached hydrogens (tertiary/aromatic N) is 1. The number of aliphatic carboxylic acids is 1. The second kappa shape index (κ2) is 8.63. The highest BCUT2D eigenvalue weighted by atomic mass is 32.1. The lowest BCUT2D eigenvalue weighted by molar-refractivity contribution is -0.137. The number of hydrogen-bond acceptors (Lipinski definition) is 4. The van der Waals surface area contributed by atoms with Gasteiger partial charge in [0.15, 0.2) is 11.6 Å². The third-order valence-corrected chi connectivity index (χ3v) is 6.37.